The van der Waals surface area contributed by atoms with Gasteiger partial charge in [0.2, 0.25) is 0 Å². The Morgan fingerprint density at radius 1 is 1.35 bits per heavy atom. The highest BCUT2D eigenvalue weighted by Crippen LogP contribution is 2.21. The van der Waals surface area contributed by atoms with Gasteiger partial charge in [0.1, 0.15) is 17.7 Å². The van der Waals surface area contributed by atoms with E-state index in [2.05, 4.69) is 17.1 Å². The monoisotopic (exact) mass is 360 g/mol. The van der Waals surface area contributed by atoms with Crippen molar-refractivity contribution in [2.45, 2.75) is 66.0 Å². The van der Waals surface area contributed by atoms with Gasteiger partial charge in [-0.05, 0) is 38.8 Å². The smallest absolute Gasteiger partial charge is 0.349 e. The lowest BCUT2D eigenvalue weighted by Gasteiger charge is -2.19. The van der Waals surface area contributed by atoms with Crippen molar-refractivity contribution in [1.29, 1.82) is 0 Å². The van der Waals surface area contributed by atoms with Crippen LogP contribution in [0.2, 0.25) is 0 Å². The Labute approximate surface area is 154 Å². The van der Waals surface area contributed by atoms with Crippen LogP contribution in [-0.4, -0.2) is 32.6 Å². The molecule has 0 saturated heterocycles. The molecule has 2 rings (SSSR count). The van der Waals surface area contributed by atoms with E-state index >= 15 is 0 Å². The highest BCUT2D eigenvalue weighted by Gasteiger charge is 2.23. The number of hydrogen-bond acceptors (Lipinski definition) is 5. The molecule has 0 saturated carbocycles. The molecule has 0 fully saturated rings. The Kier molecular flexibility index (Phi) is 6.34. The number of amides is 1. The predicted octanol–water partition coefficient (Wildman–Crippen LogP) is 3.30. The van der Waals surface area contributed by atoms with E-state index in [1.54, 1.807) is 26.4 Å². The predicted molar refractivity (Wildman–Crippen MR) is 99.2 cm³/mol. The van der Waals surface area contributed by atoms with Crippen LogP contribution < -0.4 is 5.63 Å². The number of carbonyl (C=O) groups excluding carboxylic acids is 1. The van der Waals surface area contributed by atoms with Gasteiger partial charge in [0, 0.05) is 19.0 Å². The van der Waals surface area contributed by atoms with Crippen LogP contribution in [0, 0.1) is 6.92 Å². The lowest BCUT2D eigenvalue weighted by atomic mass is 10.0. The summed E-state index contributed by atoms with van der Waals surface area (Å²) in [6.07, 6.45) is 3.58. The van der Waals surface area contributed by atoms with E-state index in [0.29, 0.717) is 17.1 Å². The maximum absolute atomic E-state index is 12.8. The molecule has 7 heteroatoms. The van der Waals surface area contributed by atoms with Crippen molar-refractivity contribution in [3.63, 3.8) is 0 Å². The lowest BCUT2D eigenvalue weighted by Crippen LogP contribution is -2.32. The van der Waals surface area contributed by atoms with Gasteiger partial charge in [-0.15, -0.1) is 10.2 Å². The van der Waals surface area contributed by atoms with Crippen molar-refractivity contribution in [3.05, 3.63) is 45.5 Å². The van der Waals surface area contributed by atoms with Gasteiger partial charge in [0.25, 0.3) is 5.91 Å². The van der Waals surface area contributed by atoms with E-state index in [-0.39, 0.29) is 30.0 Å². The molecule has 1 amide bonds. The van der Waals surface area contributed by atoms with E-state index in [9.17, 15) is 9.59 Å². The number of aryl methyl sites for hydroxylation is 1. The van der Waals surface area contributed by atoms with Crippen LogP contribution in [0.25, 0.3) is 0 Å². The molecule has 2 aromatic heterocycles. The van der Waals surface area contributed by atoms with Crippen molar-refractivity contribution >= 4 is 5.91 Å². The van der Waals surface area contributed by atoms with Gasteiger partial charge in [-0.1, -0.05) is 20.3 Å². The van der Waals surface area contributed by atoms with Crippen molar-refractivity contribution < 1.29 is 9.21 Å². The average Bonchev–Trinajstić information content (AvgIpc) is 3.02. The minimum absolute atomic E-state index is 0.0792. The van der Waals surface area contributed by atoms with Gasteiger partial charge in [0.15, 0.2) is 5.82 Å². The quantitative estimate of drug-likeness (QED) is 0.757. The minimum atomic E-state index is -0.579. The molecule has 0 N–H and O–H groups in total. The van der Waals surface area contributed by atoms with E-state index in [0.717, 1.165) is 12.8 Å². The van der Waals surface area contributed by atoms with Crippen molar-refractivity contribution in [3.8, 4) is 0 Å². The molecule has 142 valence electrons. The Bertz CT molecular complexity index is 822. The second-order valence-electron chi connectivity index (χ2n) is 7.09. The maximum atomic E-state index is 12.8. The topological polar surface area (TPSA) is 81.2 Å². The molecule has 0 bridgehead atoms. The molecule has 2 aromatic rings. The van der Waals surface area contributed by atoms with E-state index in [1.165, 1.54) is 4.90 Å². The SMILES string of the molecule is CCCC(C)c1cc(C)c(C(=O)N(C)Cc2nncn2C(C)C)c(=O)o1. The van der Waals surface area contributed by atoms with Crippen LogP contribution in [0.5, 0.6) is 0 Å². The highest BCUT2D eigenvalue weighted by molar-refractivity contribution is 5.94. The number of carbonyl (C=O) groups is 1. The van der Waals surface area contributed by atoms with Crippen LogP contribution in [0.4, 0.5) is 0 Å². The van der Waals surface area contributed by atoms with Crippen molar-refractivity contribution in [2.75, 3.05) is 7.05 Å². The molecule has 0 aliphatic carbocycles. The first-order valence-electron chi connectivity index (χ1n) is 9.04. The largest absolute Gasteiger partial charge is 0.427 e. The van der Waals surface area contributed by atoms with Crippen LogP contribution >= 0.6 is 0 Å². The average molecular weight is 360 g/mol. The minimum Gasteiger partial charge on any atom is -0.427 e. The van der Waals surface area contributed by atoms with Gasteiger partial charge >= 0.3 is 5.63 Å². The van der Waals surface area contributed by atoms with Gasteiger partial charge in [-0.25, -0.2) is 4.79 Å². The number of rotatable bonds is 7. The summed E-state index contributed by atoms with van der Waals surface area (Å²) in [7, 11) is 1.65. The first kappa shape index (κ1) is 19.9. The molecule has 2 heterocycles. The zero-order valence-electron chi connectivity index (χ0n) is 16.4. The van der Waals surface area contributed by atoms with E-state index in [1.807, 2.05) is 25.3 Å². The third-order valence-corrected chi connectivity index (χ3v) is 4.52. The van der Waals surface area contributed by atoms with Crippen molar-refractivity contribution in [1.82, 2.24) is 19.7 Å². The first-order valence-corrected chi connectivity index (χ1v) is 9.04. The molecule has 0 aromatic carbocycles. The van der Waals surface area contributed by atoms with Crippen LogP contribution in [0.3, 0.4) is 0 Å². The second kappa shape index (κ2) is 8.29. The normalized spacial score (nSPS) is 12.4. The summed E-state index contributed by atoms with van der Waals surface area (Å²) >= 11 is 0. The summed E-state index contributed by atoms with van der Waals surface area (Å²) in [6.45, 7) is 10.2. The number of hydrogen-bond donors (Lipinski definition) is 0. The molecule has 0 spiro atoms. The van der Waals surface area contributed by atoms with Crippen LogP contribution in [0.15, 0.2) is 21.6 Å². The summed E-state index contributed by atoms with van der Waals surface area (Å²) < 4.78 is 7.33. The van der Waals surface area contributed by atoms with Crippen molar-refractivity contribution in [2.24, 2.45) is 0 Å². The summed E-state index contributed by atoms with van der Waals surface area (Å²) in [5.74, 6) is 1.08. The summed E-state index contributed by atoms with van der Waals surface area (Å²) in [5, 5.41) is 7.98. The Morgan fingerprint density at radius 2 is 2.04 bits per heavy atom. The molecule has 0 aliphatic rings. The van der Waals surface area contributed by atoms with E-state index in [4.69, 9.17) is 4.42 Å². The molecule has 1 unspecified atom stereocenters. The van der Waals surface area contributed by atoms with Crippen LogP contribution in [0.1, 0.15) is 80.0 Å². The molecule has 7 nitrogen and oxygen atoms in total. The lowest BCUT2D eigenvalue weighted by molar-refractivity contribution is 0.0773. The first-order chi connectivity index (χ1) is 12.3. The molecule has 0 radical (unpaired) electrons. The van der Waals surface area contributed by atoms with Gasteiger partial charge in [0.05, 0.1) is 6.54 Å². The standard InChI is InChI=1S/C19H28N4O3/c1-7-8-13(4)15-9-14(5)17(19(25)26-15)18(24)22(6)10-16-21-20-11-23(16)12(2)3/h9,11-13H,7-8,10H2,1-6H3. The third kappa shape index (κ3) is 4.20. The van der Waals surface area contributed by atoms with Gasteiger partial charge in [-0.3, -0.25) is 4.79 Å². The highest BCUT2D eigenvalue weighted by atomic mass is 16.4. The third-order valence-electron chi connectivity index (χ3n) is 4.52. The summed E-state index contributed by atoms with van der Waals surface area (Å²) in [5.41, 5.74) is 0.141. The molecule has 26 heavy (non-hydrogen) atoms. The Hall–Kier alpha value is -2.44. The van der Waals surface area contributed by atoms with Crippen LogP contribution in [-0.2, 0) is 6.54 Å². The second-order valence-corrected chi connectivity index (χ2v) is 7.09. The molecular formula is C19H28N4O3. The zero-order valence-corrected chi connectivity index (χ0v) is 16.4. The number of nitrogens with zero attached hydrogens (tertiary/aromatic N) is 4. The van der Waals surface area contributed by atoms with Gasteiger partial charge in [-0.2, -0.15) is 0 Å². The summed E-state index contributed by atoms with van der Waals surface area (Å²) in [4.78, 5) is 26.7. The Balaban J connectivity index is 2.26. The Morgan fingerprint density at radius 3 is 2.62 bits per heavy atom. The fourth-order valence-corrected chi connectivity index (χ4v) is 2.99. The number of aromatic nitrogens is 3. The van der Waals surface area contributed by atoms with Gasteiger partial charge < -0.3 is 13.9 Å². The zero-order chi connectivity index (χ0) is 19.4. The van der Waals surface area contributed by atoms with E-state index < -0.39 is 5.63 Å². The molecule has 1 atom stereocenters. The summed E-state index contributed by atoms with van der Waals surface area (Å²) in [6, 6.07) is 1.99. The fourth-order valence-electron chi connectivity index (χ4n) is 2.99. The fraction of sp³-hybridized carbons (Fsp3) is 0.579. The maximum Gasteiger partial charge on any atom is 0.349 e. The molecule has 0 aliphatic heterocycles. The molecular weight excluding hydrogens is 332 g/mol.